The highest BCUT2D eigenvalue weighted by Gasteiger charge is 2.43. The maximum atomic E-state index is 12.3. The van der Waals surface area contributed by atoms with Gasteiger partial charge in [-0.1, -0.05) is 0 Å². The van der Waals surface area contributed by atoms with Gasteiger partial charge in [-0.3, -0.25) is 4.90 Å². The highest BCUT2D eigenvalue weighted by molar-refractivity contribution is 9.10. The zero-order chi connectivity index (χ0) is 17.9. The van der Waals surface area contributed by atoms with Crippen molar-refractivity contribution in [3.05, 3.63) is 16.9 Å². The summed E-state index contributed by atoms with van der Waals surface area (Å²) in [6, 6.07) is 1.08. The standard InChI is InChI=1S/C15H20BrN3O5/c1-15(2,3)24-14(21)19-8-9(7-10(19)12(20)22-4)23-13-17-6-5-11(16)18-13/h5-6,9-10H,7-8H2,1-4H3/t9-,10-/m0/s1. The van der Waals surface area contributed by atoms with Crippen molar-refractivity contribution >= 4 is 28.0 Å². The van der Waals surface area contributed by atoms with E-state index in [2.05, 4.69) is 25.9 Å². The number of carbonyl (C=O) groups is 2. The van der Waals surface area contributed by atoms with E-state index in [0.29, 0.717) is 4.60 Å². The van der Waals surface area contributed by atoms with Crippen molar-refractivity contribution in [2.24, 2.45) is 0 Å². The van der Waals surface area contributed by atoms with E-state index in [4.69, 9.17) is 14.2 Å². The summed E-state index contributed by atoms with van der Waals surface area (Å²) in [5, 5.41) is 0. The van der Waals surface area contributed by atoms with E-state index < -0.39 is 29.8 Å². The molecule has 2 atom stereocenters. The molecular weight excluding hydrogens is 382 g/mol. The van der Waals surface area contributed by atoms with Crippen LogP contribution >= 0.6 is 15.9 Å². The number of likely N-dealkylation sites (tertiary alicyclic amines) is 1. The molecule has 0 aromatic carbocycles. The number of rotatable bonds is 3. The number of nitrogens with zero attached hydrogens (tertiary/aromatic N) is 3. The van der Waals surface area contributed by atoms with Crippen LogP contribution in [0.5, 0.6) is 6.01 Å². The minimum atomic E-state index is -0.762. The fourth-order valence-electron chi connectivity index (χ4n) is 2.29. The quantitative estimate of drug-likeness (QED) is 0.565. The molecule has 1 fully saturated rings. The van der Waals surface area contributed by atoms with E-state index in [1.807, 2.05) is 0 Å². The molecule has 1 aromatic rings. The van der Waals surface area contributed by atoms with Gasteiger partial charge in [-0.15, -0.1) is 0 Å². The molecule has 132 valence electrons. The summed E-state index contributed by atoms with van der Waals surface area (Å²) >= 11 is 3.24. The van der Waals surface area contributed by atoms with E-state index in [0.717, 1.165) is 0 Å². The molecule has 0 spiro atoms. The van der Waals surface area contributed by atoms with E-state index in [9.17, 15) is 9.59 Å². The first kappa shape index (κ1) is 18.4. The maximum Gasteiger partial charge on any atom is 0.411 e. The van der Waals surface area contributed by atoms with Crippen molar-refractivity contribution < 1.29 is 23.8 Å². The molecule has 0 saturated carbocycles. The molecule has 2 heterocycles. The second kappa shape index (κ2) is 7.33. The summed E-state index contributed by atoms with van der Waals surface area (Å²) in [5.74, 6) is -0.512. The third-order valence-corrected chi connectivity index (χ3v) is 3.68. The Bertz CT molecular complexity index is 619. The Labute approximate surface area is 148 Å². The van der Waals surface area contributed by atoms with Gasteiger partial charge >= 0.3 is 18.1 Å². The lowest BCUT2D eigenvalue weighted by atomic mass is 10.2. The molecule has 1 aliphatic rings. The predicted octanol–water partition coefficient (Wildman–Crippen LogP) is 2.17. The minimum Gasteiger partial charge on any atom is -0.467 e. The summed E-state index contributed by atoms with van der Waals surface area (Å²) in [7, 11) is 1.28. The van der Waals surface area contributed by atoms with Gasteiger partial charge < -0.3 is 14.2 Å². The van der Waals surface area contributed by atoms with E-state index in [1.165, 1.54) is 12.0 Å². The Morgan fingerprint density at radius 1 is 1.38 bits per heavy atom. The Morgan fingerprint density at radius 3 is 2.67 bits per heavy atom. The van der Waals surface area contributed by atoms with Gasteiger partial charge in [0.05, 0.1) is 13.7 Å². The number of halogens is 1. The minimum absolute atomic E-state index is 0.170. The molecule has 24 heavy (non-hydrogen) atoms. The van der Waals surface area contributed by atoms with Crippen LogP contribution in [0.1, 0.15) is 27.2 Å². The molecular formula is C15H20BrN3O5. The molecule has 1 aliphatic heterocycles. The summed E-state index contributed by atoms with van der Waals surface area (Å²) in [6.45, 7) is 5.47. The molecule has 1 saturated heterocycles. The van der Waals surface area contributed by atoms with Crippen LogP contribution < -0.4 is 4.74 Å². The molecule has 0 bridgehead atoms. The predicted molar refractivity (Wildman–Crippen MR) is 87.5 cm³/mol. The van der Waals surface area contributed by atoms with E-state index in [1.54, 1.807) is 33.0 Å². The first-order chi connectivity index (χ1) is 11.2. The Hall–Kier alpha value is -1.90. The number of amides is 1. The van der Waals surface area contributed by atoms with Gasteiger partial charge in [-0.25, -0.2) is 14.6 Å². The molecule has 1 amide bonds. The van der Waals surface area contributed by atoms with Gasteiger partial charge in [0, 0.05) is 12.6 Å². The van der Waals surface area contributed by atoms with E-state index >= 15 is 0 Å². The number of carbonyl (C=O) groups excluding carboxylic acids is 2. The van der Waals surface area contributed by atoms with Gasteiger partial charge in [-0.05, 0) is 42.8 Å². The van der Waals surface area contributed by atoms with Crippen LogP contribution in [0.25, 0.3) is 0 Å². The van der Waals surface area contributed by atoms with Crippen LogP contribution in [0, 0.1) is 0 Å². The molecule has 2 rings (SSSR count). The molecule has 0 unspecified atom stereocenters. The number of hydrogen-bond donors (Lipinski definition) is 0. The smallest absolute Gasteiger partial charge is 0.411 e. The summed E-state index contributed by atoms with van der Waals surface area (Å²) in [4.78, 5) is 33.7. The third kappa shape index (κ3) is 4.80. The number of methoxy groups -OCH3 is 1. The van der Waals surface area contributed by atoms with Gasteiger partial charge in [0.25, 0.3) is 0 Å². The largest absolute Gasteiger partial charge is 0.467 e. The second-order valence-corrected chi connectivity index (χ2v) is 7.12. The summed E-state index contributed by atoms with van der Waals surface area (Å²) < 4.78 is 16.4. The van der Waals surface area contributed by atoms with Gasteiger partial charge in [0.15, 0.2) is 0 Å². The Balaban J connectivity index is 2.11. The topological polar surface area (TPSA) is 90.9 Å². The lowest BCUT2D eigenvalue weighted by Gasteiger charge is -2.27. The summed E-state index contributed by atoms with van der Waals surface area (Å²) in [5.41, 5.74) is -0.663. The van der Waals surface area contributed by atoms with Crippen LogP contribution in [0.15, 0.2) is 16.9 Å². The van der Waals surface area contributed by atoms with E-state index in [-0.39, 0.29) is 19.0 Å². The maximum absolute atomic E-state index is 12.3. The van der Waals surface area contributed by atoms with Crippen molar-refractivity contribution in [1.82, 2.24) is 14.9 Å². The highest BCUT2D eigenvalue weighted by atomic mass is 79.9. The Morgan fingerprint density at radius 2 is 2.08 bits per heavy atom. The number of esters is 1. The Kier molecular flexibility index (Phi) is 5.63. The molecule has 0 radical (unpaired) electrons. The van der Waals surface area contributed by atoms with Crippen LogP contribution in [-0.2, 0) is 14.3 Å². The zero-order valence-corrected chi connectivity index (χ0v) is 15.6. The van der Waals surface area contributed by atoms with Crippen molar-refractivity contribution in [3.63, 3.8) is 0 Å². The van der Waals surface area contributed by atoms with Gasteiger partial charge in [0.2, 0.25) is 0 Å². The molecule has 0 aliphatic carbocycles. The van der Waals surface area contributed by atoms with Crippen LogP contribution in [-0.4, -0.2) is 58.3 Å². The number of ether oxygens (including phenoxy) is 3. The number of aromatic nitrogens is 2. The van der Waals surface area contributed by atoms with Crippen LogP contribution in [0.3, 0.4) is 0 Å². The lowest BCUT2D eigenvalue weighted by molar-refractivity contribution is -0.145. The average Bonchev–Trinajstić information content (AvgIpc) is 2.88. The number of hydrogen-bond acceptors (Lipinski definition) is 7. The highest BCUT2D eigenvalue weighted by Crippen LogP contribution is 2.25. The molecule has 9 heteroatoms. The van der Waals surface area contributed by atoms with Crippen molar-refractivity contribution in [1.29, 1.82) is 0 Å². The third-order valence-electron chi connectivity index (χ3n) is 3.24. The second-order valence-electron chi connectivity index (χ2n) is 6.31. The van der Waals surface area contributed by atoms with Crippen molar-refractivity contribution in [3.8, 4) is 6.01 Å². The van der Waals surface area contributed by atoms with Crippen LogP contribution in [0.2, 0.25) is 0 Å². The molecule has 8 nitrogen and oxygen atoms in total. The monoisotopic (exact) mass is 401 g/mol. The SMILES string of the molecule is COC(=O)[C@@H]1C[C@H](Oc2nccc(Br)n2)CN1C(=O)OC(C)(C)C. The first-order valence-corrected chi connectivity index (χ1v) is 8.21. The lowest BCUT2D eigenvalue weighted by Crippen LogP contribution is -2.44. The normalized spacial score (nSPS) is 20.6. The van der Waals surface area contributed by atoms with Crippen LogP contribution in [0.4, 0.5) is 4.79 Å². The van der Waals surface area contributed by atoms with Gasteiger partial charge in [0.1, 0.15) is 22.4 Å². The van der Waals surface area contributed by atoms with Crippen molar-refractivity contribution in [2.45, 2.75) is 44.9 Å². The first-order valence-electron chi connectivity index (χ1n) is 7.42. The molecule has 1 aromatic heterocycles. The zero-order valence-electron chi connectivity index (χ0n) is 14.0. The average molecular weight is 402 g/mol. The van der Waals surface area contributed by atoms with Crippen molar-refractivity contribution in [2.75, 3.05) is 13.7 Å². The summed E-state index contributed by atoms with van der Waals surface area (Å²) in [6.07, 6.45) is 0.808. The van der Waals surface area contributed by atoms with Gasteiger partial charge in [-0.2, -0.15) is 4.98 Å². The fraction of sp³-hybridized carbons (Fsp3) is 0.600. The molecule has 0 N–H and O–H groups in total. The fourth-order valence-corrected chi connectivity index (χ4v) is 2.56.